The van der Waals surface area contributed by atoms with E-state index < -0.39 is 5.41 Å². The van der Waals surface area contributed by atoms with Crippen LogP contribution < -0.4 is 5.32 Å². The van der Waals surface area contributed by atoms with Gasteiger partial charge in [-0.25, -0.2) is 4.98 Å². The van der Waals surface area contributed by atoms with Crippen molar-refractivity contribution in [1.29, 1.82) is 5.26 Å². The van der Waals surface area contributed by atoms with Crippen molar-refractivity contribution in [3.05, 3.63) is 23.9 Å². The summed E-state index contributed by atoms with van der Waals surface area (Å²) in [5, 5.41) is 12.0. The Morgan fingerprint density at radius 1 is 1.50 bits per heavy atom. The van der Waals surface area contributed by atoms with E-state index in [9.17, 15) is 10.1 Å². The van der Waals surface area contributed by atoms with Gasteiger partial charge in [0.2, 0.25) is 5.91 Å². The Balaban J connectivity index is 2.13. The first-order chi connectivity index (χ1) is 8.66. The van der Waals surface area contributed by atoms with Gasteiger partial charge in [-0.05, 0) is 31.9 Å². The molecule has 0 aromatic carbocycles. The molecule has 0 radical (unpaired) electrons. The van der Waals surface area contributed by atoms with Crippen LogP contribution in [0.5, 0.6) is 0 Å². The van der Waals surface area contributed by atoms with Crippen LogP contribution in [0.15, 0.2) is 18.2 Å². The van der Waals surface area contributed by atoms with Gasteiger partial charge >= 0.3 is 0 Å². The van der Waals surface area contributed by atoms with Gasteiger partial charge in [-0.2, -0.15) is 5.26 Å². The second-order valence-electron chi connectivity index (χ2n) is 4.42. The first kappa shape index (κ1) is 12.5. The maximum atomic E-state index is 12.2. The fourth-order valence-electron chi connectivity index (χ4n) is 1.96. The van der Waals surface area contributed by atoms with Gasteiger partial charge in [-0.1, -0.05) is 6.07 Å². The lowest BCUT2D eigenvalue weighted by Crippen LogP contribution is -2.40. The van der Waals surface area contributed by atoms with Crippen LogP contribution in [0, 0.1) is 23.7 Å². The van der Waals surface area contributed by atoms with E-state index in [1.165, 1.54) is 0 Å². The van der Waals surface area contributed by atoms with Crippen LogP contribution in [0.3, 0.4) is 0 Å². The number of rotatable bonds is 2. The lowest BCUT2D eigenvalue weighted by molar-refractivity contribution is -0.126. The molecule has 0 spiro atoms. The second kappa shape index (κ2) is 5.15. The molecular formula is C13H15N3O2. The third kappa shape index (κ3) is 2.49. The van der Waals surface area contributed by atoms with Crippen molar-refractivity contribution in [2.75, 3.05) is 18.5 Å². The molecule has 1 aliphatic rings. The number of amides is 1. The third-order valence-corrected chi connectivity index (χ3v) is 3.12. The fourth-order valence-corrected chi connectivity index (χ4v) is 1.96. The number of ether oxygens (including phenoxy) is 1. The number of carbonyl (C=O) groups is 1. The highest BCUT2D eigenvalue weighted by Gasteiger charge is 2.40. The SMILES string of the molecule is Cc1cccc(NC(=O)C2(C#N)CCOCC2)n1. The first-order valence-electron chi connectivity index (χ1n) is 5.90. The summed E-state index contributed by atoms with van der Waals surface area (Å²) in [5.41, 5.74) is -0.158. The minimum Gasteiger partial charge on any atom is -0.381 e. The number of nitrogens with one attached hydrogen (secondary N) is 1. The predicted octanol–water partition coefficient (Wildman–Crippen LogP) is 1.65. The number of pyridine rings is 1. The highest BCUT2D eigenvalue weighted by molar-refractivity contribution is 5.96. The van der Waals surface area contributed by atoms with Crippen LogP contribution in [0.2, 0.25) is 0 Å². The number of hydrogen-bond acceptors (Lipinski definition) is 4. The zero-order valence-corrected chi connectivity index (χ0v) is 10.3. The average molecular weight is 245 g/mol. The Morgan fingerprint density at radius 2 is 2.22 bits per heavy atom. The molecule has 1 aliphatic heterocycles. The molecule has 0 aliphatic carbocycles. The van der Waals surface area contributed by atoms with E-state index >= 15 is 0 Å². The van der Waals surface area contributed by atoms with Crippen LogP contribution >= 0.6 is 0 Å². The van der Waals surface area contributed by atoms with Crippen molar-refractivity contribution >= 4 is 11.7 Å². The topological polar surface area (TPSA) is 75.0 Å². The van der Waals surface area contributed by atoms with Gasteiger partial charge in [0.15, 0.2) is 0 Å². The summed E-state index contributed by atoms with van der Waals surface area (Å²) in [5.74, 6) is 0.201. The lowest BCUT2D eigenvalue weighted by atomic mass is 9.81. The average Bonchev–Trinajstić information content (AvgIpc) is 2.39. The van der Waals surface area contributed by atoms with Crippen molar-refractivity contribution in [3.8, 4) is 6.07 Å². The minimum atomic E-state index is -0.982. The van der Waals surface area contributed by atoms with Crippen molar-refractivity contribution in [2.24, 2.45) is 5.41 Å². The van der Waals surface area contributed by atoms with E-state index in [1.807, 2.05) is 19.1 Å². The zero-order valence-electron chi connectivity index (χ0n) is 10.3. The molecule has 1 aromatic heterocycles. The monoisotopic (exact) mass is 245 g/mol. The molecule has 2 rings (SSSR count). The summed E-state index contributed by atoms with van der Waals surface area (Å²) < 4.78 is 5.20. The van der Waals surface area contributed by atoms with Crippen LogP contribution in [0.1, 0.15) is 18.5 Å². The first-order valence-corrected chi connectivity index (χ1v) is 5.90. The zero-order chi connectivity index (χ0) is 13.0. The predicted molar refractivity (Wildman–Crippen MR) is 65.7 cm³/mol. The molecule has 5 nitrogen and oxygen atoms in total. The quantitative estimate of drug-likeness (QED) is 0.859. The number of anilines is 1. The Bertz CT molecular complexity index is 487. The van der Waals surface area contributed by atoms with Crippen LogP contribution in [-0.2, 0) is 9.53 Å². The second-order valence-corrected chi connectivity index (χ2v) is 4.42. The molecule has 5 heteroatoms. The van der Waals surface area contributed by atoms with Crippen molar-refractivity contribution in [1.82, 2.24) is 4.98 Å². The van der Waals surface area contributed by atoms with Crippen LogP contribution in [0.25, 0.3) is 0 Å². The van der Waals surface area contributed by atoms with Gasteiger partial charge < -0.3 is 10.1 Å². The minimum absolute atomic E-state index is 0.286. The molecule has 2 heterocycles. The lowest BCUT2D eigenvalue weighted by Gasteiger charge is -2.28. The Labute approximate surface area is 106 Å². The van der Waals surface area contributed by atoms with E-state index in [-0.39, 0.29) is 5.91 Å². The number of aromatic nitrogens is 1. The number of aryl methyl sites for hydroxylation is 1. The third-order valence-electron chi connectivity index (χ3n) is 3.12. The summed E-state index contributed by atoms with van der Waals surface area (Å²) in [6.45, 7) is 2.74. The van der Waals surface area contributed by atoms with Gasteiger partial charge in [0, 0.05) is 18.9 Å². The van der Waals surface area contributed by atoms with Gasteiger partial charge in [-0.3, -0.25) is 4.79 Å². The highest BCUT2D eigenvalue weighted by Crippen LogP contribution is 2.30. The largest absolute Gasteiger partial charge is 0.381 e. The van der Waals surface area contributed by atoms with E-state index in [0.717, 1.165) is 5.69 Å². The maximum absolute atomic E-state index is 12.2. The molecule has 1 fully saturated rings. The molecule has 18 heavy (non-hydrogen) atoms. The van der Waals surface area contributed by atoms with Gasteiger partial charge in [0.1, 0.15) is 11.2 Å². The molecule has 94 valence electrons. The van der Waals surface area contributed by atoms with E-state index in [2.05, 4.69) is 16.4 Å². The summed E-state index contributed by atoms with van der Waals surface area (Å²) >= 11 is 0. The van der Waals surface area contributed by atoms with Gasteiger partial charge in [0.25, 0.3) is 0 Å². The normalized spacial score (nSPS) is 17.8. The van der Waals surface area contributed by atoms with E-state index in [0.29, 0.717) is 31.9 Å². The molecule has 1 aromatic rings. The summed E-state index contributed by atoms with van der Waals surface area (Å²) in [4.78, 5) is 16.4. The Morgan fingerprint density at radius 3 is 2.83 bits per heavy atom. The van der Waals surface area contributed by atoms with Crippen molar-refractivity contribution in [3.63, 3.8) is 0 Å². The summed E-state index contributed by atoms with van der Waals surface area (Å²) in [6.07, 6.45) is 0.863. The van der Waals surface area contributed by atoms with E-state index in [4.69, 9.17) is 4.74 Å². The Hall–Kier alpha value is -1.93. The molecule has 1 saturated heterocycles. The van der Waals surface area contributed by atoms with Crippen LogP contribution in [-0.4, -0.2) is 24.1 Å². The molecule has 1 N–H and O–H groups in total. The number of nitriles is 1. The molecule has 0 atom stereocenters. The summed E-state index contributed by atoms with van der Waals surface area (Å²) in [6, 6.07) is 7.52. The van der Waals surface area contributed by atoms with Crippen LogP contribution in [0.4, 0.5) is 5.82 Å². The molecule has 0 bridgehead atoms. The number of carbonyl (C=O) groups excluding carboxylic acids is 1. The fraction of sp³-hybridized carbons (Fsp3) is 0.462. The Kier molecular flexibility index (Phi) is 3.58. The maximum Gasteiger partial charge on any atom is 0.246 e. The molecule has 0 unspecified atom stereocenters. The standard InChI is InChI=1S/C13H15N3O2/c1-10-3-2-4-11(15-10)16-12(17)13(9-14)5-7-18-8-6-13/h2-4H,5-8H2,1H3,(H,15,16,17). The molecule has 1 amide bonds. The van der Waals surface area contributed by atoms with Gasteiger partial charge in [0.05, 0.1) is 6.07 Å². The smallest absolute Gasteiger partial charge is 0.246 e. The van der Waals surface area contributed by atoms with E-state index in [1.54, 1.807) is 6.07 Å². The highest BCUT2D eigenvalue weighted by atomic mass is 16.5. The number of nitrogens with zero attached hydrogens (tertiary/aromatic N) is 2. The number of hydrogen-bond donors (Lipinski definition) is 1. The van der Waals surface area contributed by atoms with Crippen molar-refractivity contribution < 1.29 is 9.53 Å². The summed E-state index contributed by atoms with van der Waals surface area (Å²) in [7, 11) is 0. The van der Waals surface area contributed by atoms with Gasteiger partial charge in [-0.15, -0.1) is 0 Å². The van der Waals surface area contributed by atoms with Crippen molar-refractivity contribution in [2.45, 2.75) is 19.8 Å². The molecule has 0 saturated carbocycles. The molecular weight excluding hydrogens is 230 g/mol.